The van der Waals surface area contributed by atoms with Crippen LogP contribution in [0.2, 0.25) is 0 Å². The van der Waals surface area contributed by atoms with Crippen molar-refractivity contribution in [3.05, 3.63) is 64.7 Å². The molecule has 0 aliphatic heterocycles. The van der Waals surface area contributed by atoms with Gasteiger partial charge in [0.2, 0.25) is 0 Å². The molecule has 150 valence electrons. The van der Waals surface area contributed by atoms with Gasteiger partial charge in [-0.1, -0.05) is 38.1 Å². The molecule has 0 spiro atoms. The van der Waals surface area contributed by atoms with E-state index in [4.69, 9.17) is 4.74 Å². The minimum absolute atomic E-state index is 0.189. The Labute approximate surface area is 173 Å². The molecule has 0 saturated heterocycles. The van der Waals surface area contributed by atoms with Crippen molar-refractivity contribution in [2.75, 3.05) is 6.61 Å². The molecule has 2 N–H and O–H groups in total. The molecular weight excluding hydrogens is 386 g/mol. The van der Waals surface area contributed by atoms with Gasteiger partial charge >= 0.3 is 0 Å². The highest BCUT2D eigenvalue weighted by Crippen LogP contribution is 2.27. The summed E-state index contributed by atoms with van der Waals surface area (Å²) >= 11 is 1.49. The molecule has 2 amide bonds. The minimum Gasteiger partial charge on any atom is -0.483 e. The molecule has 0 atom stereocenters. The number of thiazole rings is 1. The van der Waals surface area contributed by atoms with E-state index >= 15 is 0 Å². The SMILES string of the molecule is Cc1ccc(C(C)C)c(OCC(=O)NNC(=O)/C=C/c2nc3ccccc3s2)c1. The number of carbonyl (C=O) groups excluding carboxylic acids is 2. The van der Waals surface area contributed by atoms with Crippen LogP contribution in [0.3, 0.4) is 0 Å². The van der Waals surface area contributed by atoms with Gasteiger partial charge in [-0.15, -0.1) is 11.3 Å². The number of hydrazine groups is 1. The van der Waals surface area contributed by atoms with Gasteiger partial charge in [0.15, 0.2) is 6.61 Å². The topological polar surface area (TPSA) is 80.3 Å². The van der Waals surface area contributed by atoms with Crippen LogP contribution in [0.4, 0.5) is 0 Å². The van der Waals surface area contributed by atoms with Crippen molar-refractivity contribution in [3.63, 3.8) is 0 Å². The van der Waals surface area contributed by atoms with Crippen molar-refractivity contribution in [3.8, 4) is 5.75 Å². The van der Waals surface area contributed by atoms with Crippen molar-refractivity contribution in [2.45, 2.75) is 26.7 Å². The number of para-hydroxylation sites is 1. The summed E-state index contributed by atoms with van der Waals surface area (Å²) in [6, 6.07) is 13.7. The van der Waals surface area contributed by atoms with Crippen molar-refractivity contribution in [2.24, 2.45) is 0 Å². The number of ether oxygens (including phenoxy) is 1. The van der Waals surface area contributed by atoms with Crippen LogP contribution < -0.4 is 15.6 Å². The molecule has 29 heavy (non-hydrogen) atoms. The Kier molecular flexibility index (Phi) is 6.61. The Balaban J connectivity index is 1.49. The van der Waals surface area contributed by atoms with Gasteiger partial charge in [-0.25, -0.2) is 4.98 Å². The fourth-order valence-electron chi connectivity index (χ4n) is 2.70. The molecule has 1 aromatic heterocycles. The lowest BCUT2D eigenvalue weighted by Crippen LogP contribution is -2.43. The highest BCUT2D eigenvalue weighted by molar-refractivity contribution is 7.19. The Morgan fingerprint density at radius 2 is 1.97 bits per heavy atom. The molecule has 0 aliphatic rings. The van der Waals surface area contributed by atoms with Gasteiger partial charge in [-0.2, -0.15) is 0 Å². The standard InChI is InChI=1S/C22H23N3O3S/c1-14(2)16-9-8-15(3)12-18(16)28-13-21(27)25-24-20(26)10-11-22-23-17-6-4-5-7-19(17)29-22/h4-12,14H,13H2,1-3H3,(H,24,26)(H,25,27)/b11-10+. The largest absolute Gasteiger partial charge is 0.483 e. The molecule has 6 nitrogen and oxygen atoms in total. The van der Waals surface area contributed by atoms with Crippen molar-refractivity contribution in [1.29, 1.82) is 0 Å². The maximum atomic E-state index is 12.0. The van der Waals surface area contributed by atoms with E-state index in [0.717, 1.165) is 26.4 Å². The summed E-state index contributed by atoms with van der Waals surface area (Å²) in [5, 5.41) is 0.719. The van der Waals surface area contributed by atoms with Gasteiger partial charge in [0.25, 0.3) is 11.8 Å². The summed E-state index contributed by atoms with van der Waals surface area (Å²) in [5.74, 6) is 0.0669. The van der Waals surface area contributed by atoms with Crippen LogP contribution in [-0.2, 0) is 9.59 Å². The molecule has 3 rings (SSSR count). The van der Waals surface area contributed by atoms with E-state index in [1.807, 2.05) is 49.4 Å². The van der Waals surface area contributed by atoms with E-state index < -0.39 is 11.8 Å². The van der Waals surface area contributed by atoms with Gasteiger partial charge in [-0.05, 0) is 48.2 Å². The lowest BCUT2D eigenvalue weighted by atomic mass is 10.0. The number of hydrogen-bond acceptors (Lipinski definition) is 5. The predicted octanol–water partition coefficient (Wildman–Crippen LogP) is 3.97. The lowest BCUT2D eigenvalue weighted by Gasteiger charge is -2.14. The Morgan fingerprint density at radius 1 is 1.17 bits per heavy atom. The van der Waals surface area contributed by atoms with Crippen LogP contribution >= 0.6 is 11.3 Å². The zero-order chi connectivity index (χ0) is 20.8. The molecule has 0 bridgehead atoms. The number of rotatable bonds is 6. The van der Waals surface area contributed by atoms with E-state index in [0.29, 0.717) is 5.75 Å². The first-order chi connectivity index (χ1) is 13.9. The lowest BCUT2D eigenvalue weighted by molar-refractivity contribution is -0.128. The van der Waals surface area contributed by atoms with Gasteiger partial charge in [0, 0.05) is 6.08 Å². The molecule has 7 heteroatoms. The molecular formula is C22H23N3O3S. The highest BCUT2D eigenvalue weighted by Gasteiger charge is 2.10. The number of nitrogens with zero attached hydrogens (tertiary/aromatic N) is 1. The summed E-state index contributed by atoms with van der Waals surface area (Å²) in [4.78, 5) is 28.3. The summed E-state index contributed by atoms with van der Waals surface area (Å²) < 4.78 is 6.70. The van der Waals surface area contributed by atoms with E-state index in [-0.39, 0.29) is 12.5 Å². The van der Waals surface area contributed by atoms with Crippen LogP contribution in [-0.4, -0.2) is 23.4 Å². The fourth-order valence-corrected chi connectivity index (χ4v) is 3.57. The molecule has 0 radical (unpaired) electrons. The highest BCUT2D eigenvalue weighted by atomic mass is 32.1. The first-order valence-electron chi connectivity index (χ1n) is 9.28. The average Bonchev–Trinajstić information content (AvgIpc) is 3.12. The smallest absolute Gasteiger partial charge is 0.276 e. The molecule has 0 fully saturated rings. The molecule has 0 aliphatic carbocycles. The first-order valence-corrected chi connectivity index (χ1v) is 10.1. The number of amides is 2. The first kappa shape index (κ1) is 20.5. The van der Waals surface area contributed by atoms with Crippen LogP contribution in [0.15, 0.2) is 48.5 Å². The van der Waals surface area contributed by atoms with Crippen molar-refractivity contribution in [1.82, 2.24) is 15.8 Å². The Bertz CT molecular complexity index is 1020. The third kappa shape index (κ3) is 5.65. The molecule has 0 unspecified atom stereocenters. The van der Waals surface area contributed by atoms with Gasteiger partial charge in [-0.3, -0.25) is 20.4 Å². The summed E-state index contributed by atoms with van der Waals surface area (Å²) in [7, 11) is 0. The third-order valence-corrected chi connectivity index (χ3v) is 5.16. The summed E-state index contributed by atoms with van der Waals surface area (Å²) in [6.45, 7) is 5.91. The number of aryl methyl sites for hydroxylation is 1. The average molecular weight is 410 g/mol. The number of carbonyl (C=O) groups is 2. The number of nitrogens with one attached hydrogen (secondary N) is 2. The molecule has 3 aromatic rings. The quantitative estimate of drug-likeness (QED) is 0.477. The molecule has 0 saturated carbocycles. The van der Waals surface area contributed by atoms with Crippen LogP contribution in [0.25, 0.3) is 16.3 Å². The summed E-state index contributed by atoms with van der Waals surface area (Å²) in [5.41, 5.74) is 7.67. The van der Waals surface area contributed by atoms with Crippen LogP contribution in [0.1, 0.15) is 35.9 Å². The number of benzene rings is 2. The second kappa shape index (κ2) is 9.34. The van der Waals surface area contributed by atoms with Crippen LogP contribution in [0, 0.1) is 6.92 Å². The number of fused-ring (bicyclic) bond motifs is 1. The second-order valence-corrected chi connectivity index (χ2v) is 7.94. The minimum atomic E-state index is -0.448. The van der Waals surface area contributed by atoms with Gasteiger partial charge in [0.05, 0.1) is 10.2 Å². The van der Waals surface area contributed by atoms with E-state index in [1.165, 1.54) is 17.4 Å². The van der Waals surface area contributed by atoms with E-state index in [2.05, 4.69) is 29.7 Å². The number of aromatic nitrogens is 1. The van der Waals surface area contributed by atoms with Gasteiger partial charge < -0.3 is 4.74 Å². The van der Waals surface area contributed by atoms with Crippen molar-refractivity contribution < 1.29 is 14.3 Å². The predicted molar refractivity (Wildman–Crippen MR) is 116 cm³/mol. The second-order valence-electron chi connectivity index (χ2n) is 6.88. The maximum absolute atomic E-state index is 12.0. The van der Waals surface area contributed by atoms with E-state index in [1.54, 1.807) is 6.08 Å². The fraction of sp³-hybridized carbons (Fsp3) is 0.227. The van der Waals surface area contributed by atoms with Gasteiger partial charge in [0.1, 0.15) is 10.8 Å². The van der Waals surface area contributed by atoms with E-state index in [9.17, 15) is 9.59 Å². The summed E-state index contributed by atoms with van der Waals surface area (Å²) in [6.07, 6.45) is 2.95. The zero-order valence-corrected chi connectivity index (χ0v) is 17.4. The Morgan fingerprint density at radius 3 is 2.72 bits per heavy atom. The third-order valence-electron chi connectivity index (χ3n) is 4.16. The normalized spacial score (nSPS) is 11.2. The number of hydrogen-bond donors (Lipinski definition) is 2. The van der Waals surface area contributed by atoms with Crippen molar-refractivity contribution >= 4 is 39.4 Å². The molecule has 2 aromatic carbocycles. The van der Waals surface area contributed by atoms with Crippen LogP contribution in [0.5, 0.6) is 5.75 Å². The monoisotopic (exact) mass is 409 g/mol. The maximum Gasteiger partial charge on any atom is 0.276 e. The molecule has 1 heterocycles. The zero-order valence-electron chi connectivity index (χ0n) is 16.6. The Hall–Kier alpha value is -3.19.